The summed E-state index contributed by atoms with van der Waals surface area (Å²) in [6.07, 6.45) is 6.39. The molecule has 1 aromatic heterocycles. The second kappa shape index (κ2) is 8.25. The van der Waals surface area contributed by atoms with E-state index in [1.165, 1.54) is 19.3 Å². The molecular weight excluding hydrogens is 292 g/mol. The van der Waals surface area contributed by atoms with Crippen molar-refractivity contribution in [1.29, 1.82) is 0 Å². The van der Waals surface area contributed by atoms with Gasteiger partial charge in [-0.15, -0.1) is 0 Å². The molecule has 0 atom stereocenters. The molecule has 0 aromatic carbocycles. The molecule has 0 spiro atoms. The number of anilines is 1. The lowest BCUT2D eigenvalue weighted by molar-refractivity contribution is -0.116. The first-order chi connectivity index (χ1) is 8.63. The maximum Gasteiger partial charge on any atom is 0.225 e. The molecule has 0 fully saturated rings. The van der Waals surface area contributed by atoms with E-state index in [9.17, 15) is 4.79 Å². The van der Waals surface area contributed by atoms with Gasteiger partial charge in [0.05, 0.1) is 5.69 Å². The summed E-state index contributed by atoms with van der Waals surface area (Å²) in [5, 5.41) is 2.83. The Morgan fingerprint density at radius 3 is 2.67 bits per heavy atom. The number of rotatable bonds is 7. The van der Waals surface area contributed by atoms with Gasteiger partial charge in [0.2, 0.25) is 5.91 Å². The van der Waals surface area contributed by atoms with Crippen LogP contribution in [0.3, 0.4) is 0 Å². The number of nitrogens with zero attached hydrogens (tertiary/aromatic N) is 1. The van der Waals surface area contributed by atoms with Crippen LogP contribution in [0.15, 0.2) is 16.6 Å². The van der Waals surface area contributed by atoms with Crippen molar-refractivity contribution in [1.82, 2.24) is 4.98 Å². The molecule has 0 bridgehead atoms. The van der Waals surface area contributed by atoms with Crippen molar-refractivity contribution in [2.45, 2.75) is 52.4 Å². The zero-order chi connectivity index (χ0) is 13.4. The third kappa shape index (κ3) is 5.63. The lowest BCUT2D eigenvalue weighted by Gasteiger charge is -2.06. The lowest BCUT2D eigenvalue weighted by atomic mass is 10.1. The molecule has 4 heteroatoms. The Balaban J connectivity index is 2.29. The van der Waals surface area contributed by atoms with Gasteiger partial charge in [-0.2, -0.15) is 0 Å². The van der Waals surface area contributed by atoms with Crippen molar-refractivity contribution >= 4 is 27.7 Å². The number of aromatic nitrogens is 1. The Morgan fingerprint density at radius 2 is 2.00 bits per heavy atom. The Hall–Kier alpha value is -0.900. The van der Waals surface area contributed by atoms with Gasteiger partial charge in [0.15, 0.2) is 0 Å². The number of pyridine rings is 1. The number of carbonyl (C=O) groups is 1. The van der Waals surface area contributed by atoms with Crippen LogP contribution in [0.4, 0.5) is 5.82 Å². The number of unbranched alkanes of at least 4 members (excludes halogenated alkanes) is 4. The molecule has 1 aromatic rings. The summed E-state index contributed by atoms with van der Waals surface area (Å²) in [6, 6.07) is 3.71. The van der Waals surface area contributed by atoms with Crippen molar-refractivity contribution < 1.29 is 4.79 Å². The van der Waals surface area contributed by atoms with Crippen molar-refractivity contribution in [3.8, 4) is 0 Å². The molecule has 1 heterocycles. The van der Waals surface area contributed by atoms with Gasteiger partial charge < -0.3 is 5.32 Å². The highest BCUT2D eigenvalue weighted by molar-refractivity contribution is 9.10. The monoisotopic (exact) mass is 312 g/mol. The molecule has 1 amide bonds. The molecule has 0 aliphatic rings. The van der Waals surface area contributed by atoms with Crippen molar-refractivity contribution in [3.05, 3.63) is 22.3 Å². The van der Waals surface area contributed by atoms with Crippen LogP contribution in [0.1, 0.15) is 51.1 Å². The van der Waals surface area contributed by atoms with E-state index in [0.717, 1.165) is 23.0 Å². The second-order valence-corrected chi connectivity index (χ2v) is 5.33. The maximum absolute atomic E-state index is 11.7. The molecular formula is C14H21BrN2O. The molecule has 0 saturated heterocycles. The van der Waals surface area contributed by atoms with Crippen LogP contribution in [0, 0.1) is 6.92 Å². The van der Waals surface area contributed by atoms with E-state index in [0.29, 0.717) is 12.2 Å². The SMILES string of the molecule is CCCCCCCC(=O)Nc1ccc(Br)c(C)n1. The van der Waals surface area contributed by atoms with Gasteiger partial charge >= 0.3 is 0 Å². The highest BCUT2D eigenvalue weighted by Crippen LogP contribution is 2.16. The first-order valence-corrected chi connectivity index (χ1v) is 7.35. The fraction of sp³-hybridized carbons (Fsp3) is 0.571. The summed E-state index contributed by atoms with van der Waals surface area (Å²) in [5.74, 6) is 0.690. The number of halogens is 1. The van der Waals surface area contributed by atoms with Gasteiger partial charge in [0, 0.05) is 10.9 Å². The third-order valence-electron chi connectivity index (χ3n) is 2.80. The summed E-state index contributed by atoms with van der Waals surface area (Å²) in [4.78, 5) is 16.0. The van der Waals surface area contributed by atoms with Gasteiger partial charge in [0.1, 0.15) is 5.82 Å². The highest BCUT2D eigenvalue weighted by Gasteiger charge is 2.04. The molecule has 0 aliphatic carbocycles. The quantitative estimate of drug-likeness (QED) is 0.756. The average Bonchev–Trinajstić information content (AvgIpc) is 2.34. The summed E-state index contributed by atoms with van der Waals surface area (Å²) < 4.78 is 0.958. The smallest absolute Gasteiger partial charge is 0.225 e. The number of amides is 1. The number of carbonyl (C=O) groups excluding carboxylic acids is 1. The lowest BCUT2D eigenvalue weighted by Crippen LogP contribution is -2.12. The van der Waals surface area contributed by atoms with Crippen LogP contribution in [0.5, 0.6) is 0 Å². The number of nitrogens with one attached hydrogen (secondary N) is 1. The summed E-state index contributed by atoms with van der Waals surface area (Å²) in [6.45, 7) is 4.10. The predicted octanol–water partition coefficient (Wildman–Crippen LogP) is 4.45. The molecule has 3 nitrogen and oxygen atoms in total. The normalized spacial score (nSPS) is 10.4. The minimum atomic E-state index is 0.0562. The van der Waals surface area contributed by atoms with E-state index in [-0.39, 0.29) is 5.91 Å². The van der Waals surface area contributed by atoms with Gasteiger partial charge in [-0.3, -0.25) is 4.79 Å². The summed E-state index contributed by atoms with van der Waals surface area (Å²) in [7, 11) is 0. The Kier molecular flexibility index (Phi) is 6.94. The van der Waals surface area contributed by atoms with E-state index in [1.807, 2.05) is 19.1 Å². The molecule has 18 heavy (non-hydrogen) atoms. The van der Waals surface area contributed by atoms with Crippen LogP contribution in [-0.4, -0.2) is 10.9 Å². The number of hydrogen-bond acceptors (Lipinski definition) is 2. The van der Waals surface area contributed by atoms with E-state index >= 15 is 0 Å². The van der Waals surface area contributed by atoms with Crippen molar-refractivity contribution in [3.63, 3.8) is 0 Å². The summed E-state index contributed by atoms with van der Waals surface area (Å²) in [5.41, 5.74) is 0.885. The fourth-order valence-corrected chi connectivity index (χ4v) is 1.93. The van der Waals surface area contributed by atoms with Crippen LogP contribution in [0.25, 0.3) is 0 Å². The minimum Gasteiger partial charge on any atom is -0.311 e. The molecule has 1 N–H and O–H groups in total. The topological polar surface area (TPSA) is 42.0 Å². The van der Waals surface area contributed by atoms with Gasteiger partial charge in [-0.25, -0.2) is 4.98 Å². The second-order valence-electron chi connectivity index (χ2n) is 4.48. The third-order valence-corrected chi connectivity index (χ3v) is 3.63. The van der Waals surface area contributed by atoms with Gasteiger partial charge in [-0.1, -0.05) is 32.6 Å². The Morgan fingerprint density at radius 1 is 1.28 bits per heavy atom. The molecule has 1 rings (SSSR count). The molecule has 100 valence electrons. The van der Waals surface area contributed by atoms with E-state index in [4.69, 9.17) is 0 Å². The van der Waals surface area contributed by atoms with Crippen molar-refractivity contribution in [2.75, 3.05) is 5.32 Å². The van der Waals surface area contributed by atoms with Gasteiger partial charge in [0.25, 0.3) is 0 Å². The summed E-state index contributed by atoms with van der Waals surface area (Å²) >= 11 is 3.39. The van der Waals surface area contributed by atoms with Crippen LogP contribution >= 0.6 is 15.9 Å². The average molecular weight is 313 g/mol. The standard InChI is InChI=1S/C14H21BrN2O/c1-3-4-5-6-7-8-14(18)17-13-10-9-12(15)11(2)16-13/h9-10H,3-8H2,1-2H3,(H,16,17,18). The molecule has 0 aliphatic heterocycles. The molecule has 0 saturated carbocycles. The van der Waals surface area contributed by atoms with Crippen LogP contribution in [-0.2, 0) is 4.79 Å². The fourth-order valence-electron chi connectivity index (χ4n) is 1.71. The van der Waals surface area contributed by atoms with Crippen LogP contribution in [0.2, 0.25) is 0 Å². The van der Waals surface area contributed by atoms with E-state index in [1.54, 1.807) is 0 Å². The molecule has 0 radical (unpaired) electrons. The number of aryl methyl sites for hydroxylation is 1. The van der Waals surface area contributed by atoms with Gasteiger partial charge in [-0.05, 0) is 41.4 Å². The zero-order valence-electron chi connectivity index (χ0n) is 11.1. The first kappa shape index (κ1) is 15.2. The van der Waals surface area contributed by atoms with E-state index < -0.39 is 0 Å². The van der Waals surface area contributed by atoms with Crippen molar-refractivity contribution in [2.24, 2.45) is 0 Å². The Labute approximate surface area is 118 Å². The Bertz CT molecular complexity index is 393. The maximum atomic E-state index is 11.7. The van der Waals surface area contributed by atoms with Crippen LogP contribution < -0.4 is 5.32 Å². The van der Waals surface area contributed by atoms with E-state index in [2.05, 4.69) is 33.2 Å². The molecule has 0 unspecified atom stereocenters. The number of hydrogen-bond donors (Lipinski definition) is 1. The largest absolute Gasteiger partial charge is 0.311 e. The first-order valence-electron chi connectivity index (χ1n) is 6.56. The predicted molar refractivity (Wildman–Crippen MR) is 78.7 cm³/mol. The highest BCUT2D eigenvalue weighted by atomic mass is 79.9. The minimum absolute atomic E-state index is 0.0562. The zero-order valence-corrected chi connectivity index (χ0v) is 12.7.